The third-order valence-electron chi connectivity index (χ3n) is 3.67. The van der Waals surface area contributed by atoms with Crippen molar-refractivity contribution in [1.82, 2.24) is 15.1 Å². The van der Waals surface area contributed by atoms with Gasteiger partial charge in [-0.1, -0.05) is 12.1 Å². The summed E-state index contributed by atoms with van der Waals surface area (Å²) in [5.41, 5.74) is 3.64. The van der Waals surface area contributed by atoms with E-state index in [-0.39, 0.29) is 0 Å². The van der Waals surface area contributed by atoms with E-state index < -0.39 is 0 Å². The lowest BCUT2D eigenvalue weighted by Crippen LogP contribution is -2.12. The molecule has 4 nitrogen and oxygen atoms in total. The first-order valence-electron chi connectivity index (χ1n) is 6.99. The number of hydrogen-bond acceptors (Lipinski definition) is 3. The molecule has 1 aromatic heterocycles. The maximum Gasteiger partial charge on any atom is 0.122 e. The van der Waals surface area contributed by atoms with Gasteiger partial charge in [0.25, 0.3) is 0 Å². The van der Waals surface area contributed by atoms with Gasteiger partial charge in [-0.25, -0.2) is 0 Å². The molecule has 0 aliphatic rings. The van der Waals surface area contributed by atoms with Gasteiger partial charge in [0.05, 0.1) is 6.61 Å². The number of nitrogens with one attached hydrogen (secondary N) is 1. The second kappa shape index (κ2) is 6.57. The minimum absolute atomic E-state index is 0.359. The van der Waals surface area contributed by atoms with Crippen LogP contribution in [0, 0.1) is 6.92 Å². The summed E-state index contributed by atoms with van der Waals surface area (Å²) in [6, 6.07) is 8.74. The van der Waals surface area contributed by atoms with Crippen molar-refractivity contribution in [3.8, 4) is 5.75 Å². The van der Waals surface area contributed by atoms with Crippen LogP contribution in [0.4, 0.5) is 0 Å². The van der Waals surface area contributed by atoms with Crippen molar-refractivity contribution < 1.29 is 4.74 Å². The standard InChI is InChI=1S/C16H23N3O/c1-12-11-14(13(2)17-3)5-6-16(12)20-10-8-15-7-9-18-19(15)4/h5-7,9,11,13,17H,8,10H2,1-4H3. The van der Waals surface area contributed by atoms with E-state index in [9.17, 15) is 0 Å². The quantitative estimate of drug-likeness (QED) is 0.879. The molecule has 1 unspecified atom stereocenters. The van der Waals surface area contributed by atoms with Crippen LogP contribution in [0.25, 0.3) is 0 Å². The fourth-order valence-corrected chi connectivity index (χ4v) is 2.18. The number of aromatic nitrogens is 2. The van der Waals surface area contributed by atoms with Crippen LogP contribution in [-0.4, -0.2) is 23.4 Å². The number of benzene rings is 1. The van der Waals surface area contributed by atoms with Gasteiger partial charge in [-0.15, -0.1) is 0 Å². The van der Waals surface area contributed by atoms with Crippen molar-refractivity contribution in [1.29, 1.82) is 0 Å². The summed E-state index contributed by atoms with van der Waals surface area (Å²) in [7, 11) is 3.92. The largest absolute Gasteiger partial charge is 0.493 e. The van der Waals surface area contributed by atoms with Crippen molar-refractivity contribution >= 4 is 0 Å². The lowest BCUT2D eigenvalue weighted by atomic mass is 10.1. The molecule has 2 aromatic rings. The molecule has 2 rings (SSSR count). The summed E-state index contributed by atoms with van der Waals surface area (Å²) in [4.78, 5) is 0. The molecule has 1 heterocycles. The minimum atomic E-state index is 0.359. The Morgan fingerprint density at radius 1 is 1.35 bits per heavy atom. The number of aryl methyl sites for hydroxylation is 2. The summed E-state index contributed by atoms with van der Waals surface area (Å²) in [5, 5.41) is 7.40. The Hall–Kier alpha value is -1.81. The molecule has 0 aliphatic carbocycles. The molecule has 0 aliphatic heterocycles. The Morgan fingerprint density at radius 3 is 2.75 bits per heavy atom. The predicted octanol–water partition coefficient (Wildman–Crippen LogP) is 2.63. The number of nitrogens with zero attached hydrogens (tertiary/aromatic N) is 2. The monoisotopic (exact) mass is 273 g/mol. The molecule has 20 heavy (non-hydrogen) atoms. The van der Waals surface area contributed by atoms with Gasteiger partial charge in [-0.2, -0.15) is 5.10 Å². The molecule has 108 valence electrons. The second-order valence-corrected chi connectivity index (χ2v) is 5.08. The van der Waals surface area contributed by atoms with Crippen LogP contribution in [0.5, 0.6) is 5.75 Å². The van der Waals surface area contributed by atoms with Crippen LogP contribution in [0.2, 0.25) is 0 Å². The molecule has 0 spiro atoms. The highest BCUT2D eigenvalue weighted by Crippen LogP contribution is 2.22. The molecule has 1 aromatic carbocycles. The van der Waals surface area contributed by atoms with Gasteiger partial charge in [-0.05, 0) is 44.2 Å². The first-order chi connectivity index (χ1) is 9.61. The van der Waals surface area contributed by atoms with E-state index in [1.165, 1.54) is 16.8 Å². The Bertz CT molecular complexity index is 563. The van der Waals surface area contributed by atoms with Crippen molar-refractivity contribution in [2.75, 3.05) is 13.7 Å². The molecule has 0 bridgehead atoms. The minimum Gasteiger partial charge on any atom is -0.493 e. The van der Waals surface area contributed by atoms with Crippen LogP contribution in [0.1, 0.15) is 29.8 Å². The van der Waals surface area contributed by atoms with E-state index in [1.807, 2.05) is 31.0 Å². The Morgan fingerprint density at radius 2 is 2.15 bits per heavy atom. The van der Waals surface area contributed by atoms with Crippen molar-refractivity contribution in [3.63, 3.8) is 0 Å². The summed E-state index contributed by atoms with van der Waals surface area (Å²) < 4.78 is 7.75. The van der Waals surface area contributed by atoms with E-state index in [1.54, 1.807) is 0 Å². The zero-order valence-electron chi connectivity index (χ0n) is 12.7. The molecule has 0 amide bonds. The molecule has 0 saturated carbocycles. The van der Waals surface area contributed by atoms with Crippen molar-refractivity contribution in [2.24, 2.45) is 7.05 Å². The fraction of sp³-hybridized carbons (Fsp3) is 0.438. The van der Waals surface area contributed by atoms with Gasteiger partial charge < -0.3 is 10.1 Å². The molecule has 4 heteroatoms. The SMILES string of the molecule is CNC(C)c1ccc(OCCc2ccnn2C)c(C)c1. The number of hydrogen-bond donors (Lipinski definition) is 1. The van der Waals surface area contributed by atoms with E-state index in [2.05, 4.69) is 42.5 Å². The topological polar surface area (TPSA) is 39.1 Å². The summed E-state index contributed by atoms with van der Waals surface area (Å²) in [6.07, 6.45) is 2.68. The van der Waals surface area contributed by atoms with E-state index in [0.29, 0.717) is 12.6 Å². The fourth-order valence-electron chi connectivity index (χ4n) is 2.18. The molecule has 1 N–H and O–H groups in total. The van der Waals surface area contributed by atoms with Crippen molar-refractivity contribution in [3.05, 3.63) is 47.3 Å². The molecule has 0 saturated heterocycles. The third kappa shape index (κ3) is 3.39. The van der Waals surface area contributed by atoms with Gasteiger partial charge in [0.15, 0.2) is 0 Å². The lowest BCUT2D eigenvalue weighted by molar-refractivity contribution is 0.316. The first-order valence-corrected chi connectivity index (χ1v) is 6.99. The summed E-state index contributed by atoms with van der Waals surface area (Å²) in [5.74, 6) is 0.958. The molecule has 0 fully saturated rings. The highest BCUT2D eigenvalue weighted by molar-refractivity contribution is 5.37. The molecule has 1 atom stereocenters. The highest BCUT2D eigenvalue weighted by Gasteiger charge is 2.06. The highest BCUT2D eigenvalue weighted by atomic mass is 16.5. The second-order valence-electron chi connectivity index (χ2n) is 5.08. The van der Waals surface area contributed by atoms with Gasteiger partial charge >= 0.3 is 0 Å². The molecular weight excluding hydrogens is 250 g/mol. The third-order valence-corrected chi connectivity index (χ3v) is 3.67. The predicted molar refractivity (Wildman–Crippen MR) is 81.1 cm³/mol. The maximum atomic E-state index is 5.87. The summed E-state index contributed by atoms with van der Waals surface area (Å²) >= 11 is 0. The van der Waals surface area contributed by atoms with Crippen LogP contribution in [0.3, 0.4) is 0 Å². The Balaban J connectivity index is 1.95. The first kappa shape index (κ1) is 14.6. The lowest BCUT2D eigenvalue weighted by Gasteiger charge is -2.14. The van der Waals surface area contributed by atoms with Gasteiger partial charge in [0, 0.05) is 31.4 Å². The van der Waals surface area contributed by atoms with Gasteiger partial charge in [-0.3, -0.25) is 4.68 Å². The Kier molecular flexibility index (Phi) is 4.79. The zero-order valence-corrected chi connectivity index (χ0v) is 12.7. The average Bonchev–Trinajstić information content (AvgIpc) is 2.85. The van der Waals surface area contributed by atoms with E-state index >= 15 is 0 Å². The average molecular weight is 273 g/mol. The van der Waals surface area contributed by atoms with E-state index in [0.717, 1.165) is 12.2 Å². The normalized spacial score (nSPS) is 12.4. The molecular formula is C16H23N3O. The zero-order chi connectivity index (χ0) is 14.5. The van der Waals surface area contributed by atoms with E-state index in [4.69, 9.17) is 4.74 Å². The molecule has 0 radical (unpaired) electrons. The van der Waals surface area contributed by atoms with Crippen LogP contribution < -0.4 is 10.1 Å². The number of rotatable bonds is 6. The van der Waals surface area contributed by atoms with Crippen molar-refractivity contribution in [2.45, 2.75) is 26.3 Å². The van der Waals surface area contributed by atoms with Gasteiger partial charge in [0.2, 0.25) is 0 Å². The maximum absolute atomic E-state index is 5.87. The summed E-state index contributed by atoms with van der Waals surface area (Å²) in [6.45, 7) is 4.91. The van der Waals surface area contributed by atoms with Crippen LogP contribution in [0.15, 0.2) is 30.5 Å². The smallest absolute Gasteiger partial charge is 0.122 e. The van der Waals surface area contributed by atoms with Gasteiger partial charge in [0.1, 0.15) is 5.75 Å². The Labute approximate surface area is 120 Å². The van der Waals surface area contributed by atoms with Crippen LogP contribution >= 0.6 is 0 Å². The van der Waals surface area contributed by atoms with Crippen LogP contribution in [-0.2, 0) is 13.5 Å². The number of ether oxygens (including phenoxy) is 1.